The number of hydrogen-bond acceptors (Lipinski definition) is 5. The number of hydrogen-bond donors (Lipinski definition) is 0. The molecule has 2 aliphatic heterocycles. The van der Waals surface area contributed by atoms with Gasteiger partial charge in [-0.1, -0.05) is 0 Å². The van der Waals surface area contributed by atoms with E-state index in [9.17, 15) is 4.79 Å². The molecule has 4 heterocycles. The molecule has 2 saturated heterocycles. The van der Waals surface area contributed by atoms with Gasteiger partial charge in [0.2, 0.25) is 0 Å². The fourth-order valence-corrected chi connectivity index (χ4v) is 3.77. The van der Waals surface area contributed by atoms with E-state index in [1.165, 1.54) is 5.56 Å². The maximum absolute atomic E-state index is 12.6. The third-order valence-electron chi connectivity index (χ3n) is 5.47. The van der Waals surface area contributed by atoms with E-state index in [4.69, 9.17) is 9.47 Å². The maximum Gasteiger partial charge on any atom is 0.255 e. The van der Waals surface area contributed by atoms with E-state index in [2.05, 4.69) is 16.9 Å². The molecule has 1 unspecified atom stereocenters. The van der Waals surface area contributed by atoms with Crippen LogP contribution in [0.5, 0.6) is 0 Å². The van der Waals surface area contributed by atoms with Crippen LogP contribution in [0.25, 0.3) is 0 Å². The molecule has 6 heteroatoms. The van der Waals surface area contributed by atoms with Crippen LogP contribution in [0.15, 0.2) is 36.8 Å². The molecule has 6 nitrogen and oxygen atoms in total. The van der Waals surface area contributed by atoms with Gasteiger partial charge in [-0.15, -0.1) is 0 Å². The first-order valence-electron chi connectivity index (χ1n) is 9.42. The summed E-state index contributed by atoms with van der Waals surface area (Å²) in [7, 11) is 0. The lowest BCUT2D eigenvalue weighted by molar-refractivity contribution is -0.188. The zero-order valence-electron chi connectivity index (χ0n) is 15.9. The van der Waals surface area contributed by atoms with Gasteiger partial charge in [0, 0.05) is 37.3 Å². The number of carbonyl (C=O) groups excluding carboxylic acids is 1. The Morgan fingerprint density at radius 1 is 1.30 bits per heavy atom. The van der Waals surface area contributed by atoms with Gasteiger partial charge in [-0.3, -0.25) is 14.8 Å². The first-order chi connectivity index (χ1) is 13.0. The fraction of sp³-hybridized carbons (Fsp3) is 0.476. The molecule has 1 spiro atoms. The summed E-state index contributed by atoms with van der Waals surface area (Å²) in [5.74, 6) is 0.0192. The lowest BCUT2D eigenvalue weighted by Crippen LogP contribution is -2.67. The Hall–Kier alpha value is -2.31. The van der Waals surface area contributed by atoms with Crippen LogP contribution in [0.4, 0.5) is 0 Å². The van der Waals surface area contributed by atoms with Gasteiger partial charge in [0.25, 0.3) is 5.91 Å². The number of ether oxygens (including phenoxy) is 2. The minimum Gasteiger partial charge on any atom is -0.373 e. The zero-order valence-corrected chi connectivity index (χ0v) is 15.9. The molecule has 2 aromatic heterocycles. The second kappa shape index (κ2) is 7.37. The van der Waals surface area contributed by atoms with E-state index >= 15 is 0 Å². The standard InChI is InChI=1S/C21H25N3O3/c1-15-5-7-22-10-18(15)12-26-19-6-8-27-21(9-19)13-24(14-21)20(25)17-4-3-16(2)23-11-17/h3-5,7,10-11,19H,6,8-9,12-14H2,1-2H3. The Kier molecular flexibility index (Phi) is 4.93. The highest BCUT2D eigenvalue weighted by atomic mass is 16.5. The molecule has 4 rings (SSSR count). The van der Waals surface area contributed by atoms with Crippen molar-refractivity contribution in [2.45, 2.75) is 45.0 Å². The van der Waals surface area contributed by atoms with Gasteiger partial charge in [0.1, 0.15) is 5.60 Å². The molecule has 1 amide bonds. The van der Waals surface area contributed by atoms with Gasteiger partial charge >= 0.3 is 0 Å². The van der Waals surface area contributed by atoms with Crippen LogP contribution in [0.2, 0.25) is 0 Å². The summed E-state index contributed by atoms with van der Waals surface area (Å²) in [5.41, 5.74) is 3.59. The Balaban J connectivity index is 1.32. The van der Waals surface area contributed by atoms with Crippen molar-refractivity contribution in [3.8, 4) is 0 Å². The van der Waals surface area contributed by atoms with Crippen LogP contribution >= 0.6 is 0 Å². The molecule has 0 bridgehead atoms. The van der Waals surface area contributed by atoms with Gasteiger partial charge < -0.3 is 14.4 Å². The van der Waals surface area contributed by atoms with Gasteiger partial charge in [0.05, 0.1) is 31.4 Å². The lowest BCUT2D eigenvalue weighted by atomic mass is 9.84. The van der Waals surface area contributed by atoms with Crippen LogP contribution in [0, 0.1) is 13.8 Å². The highest BCUT2D eigenvalue weighted by molar-refractivity contribution is 5.94. The highest BCUT2D eigenvalue weighted by Crippen LogP contribution is 2.36. The minimum absolute atomic E-state index is 0.0192. The lowest BCUT2D eigenvalue weighted by Gasteiger charge is -2.53. The number of rotatable bonds is 4. The minimum atomic E-state index is -0.263. The zero-order chi connectivity index (χ0) is 18.9. The topological polar surface area (TPSA) is 64.6 Å². The van der Waals surface area contributed by atoms with Crippen molar-refractivity contribution in [1.82, 2.24) is 14.9 Å². The number of carbonyl (C=O) groups is 1. The Morgan fingerprint density at radius 3 is 2.89 bits per heavy atom. The first-order valence-corrected chi connectivity index (χ1v) is 9.42. The second-order valence-corrected chi connectivity index (χ2v) is 7.61. The van der Waals surface area contributed by atoms with Gasteiger partial charge in [0.15, 0.2) is 0 Å². The van der Waals surface area contributed by atoms with Crippen molar-refractivity contribution in [1.29, 1.82) is 0 Å². The molecule has 0 saturated carbocycles. The molecule has 2 aliphatic rings. The normalized spacial score (nSPS) is 21.1. The summed E-state index contributed by atoms with van der Waals surface area (Å²) < 4.78 is 12.2. The number of likely N-dealkylation sites (tertiary alicyclic amines) is 1. The Labute approximate surface area is 159 Å². The van der Waals surface area contributed by atoms with Gasteiger partial charge in [-0.2, -0.15) is 0 Å². The maximum atomic E-state index is 12.6. The number of nitrogens with zero attached hydrogens (tertiary/aromatic N) is 3. The molecule has 0 radical (unpaired) electrons. The highest BCUT2D eigenvalue weighted by Gasteiger charge is 2.49. The van der Waals surface area contributed by atoms with Gasteiger partial charge in [-0.05, 0) is 49.6 Å². The molecule has 0 N–H and O–H groups in total. The smallest absolute Gasteiger partial charge is 0.255 e. The van der Waals surface area contributed by atoms with Crippen molar-refractivity contribution >= 4 is 5.91 Å². The van der Waals surface area contributed by atoms with E-state index in [1.54, 1.807) is 12.4 Å². The summed E-state index contributed by atoms with van der Waals surface area (Å²) in [6.45, 7) is 6.46. The van der Waals surface area contributed by atoms with Crippen molar-refractivity contribution in [2.75, 3.05) is 19.7 Å². The van der Waals surface area contributed by atoms with E-state index in [-0.39, 0.29) is 17.6 Å². The van der Waals surface area contributed by atoms with Gasteiger partial charge in [-0.25, -0.2) is 0 Å². The molecular formula is C21H25N3O3. The average molecular weight is 367 g/mol. The number of aryl methyl sites for hydroxylation is 2. The van der Waals surface area contributed by atoms with E-state index in [0.717, 1.165) is 24.1 Å². The largest absolute Gasteiger partial charge is 0.373 e. The van der Waals surface area contributed by atoms with Crippen LogP contribution in [0.1, 0.15) is 40.0 Å². The first kappa shape index (κ1) is 18.1. The third kappa shape index (κ3) is 3.87. The van der Waals surface area contributed by atoms with Crippen molar-refractivity contribution in [3.05, 3.63) is 59.2 Å². The number of pyridine rings is 2. The molecule has 1 atom stereocenters. The van der Waals surface area contributed by atoms with Crippen LogP contribution in [-0.2, 0) is 16.1 Å². The number of amides is 1. The summed E-state index contributed by atoms with van der Waals surface area (Å²) in [5, 5.41) is 0. The van der Waals surface area contributed by atoms with E-state index < -0.39 is 0 Å². The van der Waals surface area contributed by atoms with E-state index in [1.807, 2.05) is 36.2 Å². The Bertz CT molecular complexity index is 816. The third-order valence-corrected chi connectivity index (χ3v) is 5.47. The number of aromatic nitrogens is 2. The predicted octanol–water partition coefficient (Wildman–Crippen LogP) is 2.68. The predicted molar refractivity (Wildman–Crippen MR) is 100 cm³/mol. The van der Waals surface area contributed by atoms with Crippen LogP contribution in [-0.4, -0.2) is 52.2 Å². The molecule has 2 aromatic rings. The molecule has 142 valence electrons. The molecular weight excluding hydrogens is 342 g/mol. The molecule has 0 aromatic carbocycles. The second-order valence-electron chi connectivity index (χ2n) is 7.61. The summed E-state index contributed by atoms with van der Waals surface area (Å²) in [4.78, 5) is 22.8. The quantitative estimate of drug-likeness (QED) is 0.831. The molecule has 0 aliphatic carbocycles. The summed E-state index contributed by atoms with van der Waals surface area (Å²) in [6, 6.07) is 5.70. The van der Waals surface area contributed by atoms with Crippen LogP contribution in [0.3, 0.4) is 0 Å². The summed E-state index contributed by atoms with van der Waals surface area (Å²) in [6.07, 6.45) is 7.16. The fourth-order valence-electron chi connectivity index (χ4n) is 3.77. The van der Waals surface area contributed by atoms with Crippen molar-refractivity contribution in [2.24, 2.45) is 0 Å². The summed E-state index contributed by atoms with van der Waals surface area (Å²) >= 11 is 0. The molecule has 2 fully saturated rings. The SMILES string of the molecule is Cc1ccc(C(=O)N2CC3(CC(OCc4cnccc4C)CCO3)C2)cn1. The molecule has 27 heavy (non-hydrogen) atoms. The van der Waals surface area contributed by atoms with Crippen molar-refractivity contribution in [3.63, 3.8) is 0 Å². The van der Waals surface area contributed by atoms with E-state index in [0.29, 0.717) is 31.9 Å². The van der Waals surface area contributed by atoms with Crippen molar-refractivity contribution < 1.29 is 14.3 Å². The van der Waals surface area contributed by atoms with Crippen LogP contribution < -0.4 is 0 Å². The average Bonchev–Trinajstić information content (AvgIpc) is 2.66. The Morgan fingerprint density at radius 2 is 2.15 bits per heavy atom. The monoisotopic (exact) mass is 367 g/mol.